The summed E-state index contributed by atoms with van der Waals surface area (Å²) in [5, 5.41) is 1.78. The maximum absolute atomic E-state index is 12.5. The summed E-state index contributed by atoms with van der Waals surface area (Å²) in [4.78, 5) is 3.94. The van der Waals surface area contributed by atoms with Gasteiger partial charge in [-0.15, -0.1) is 11.3 Å². The number of pyridine rings is 1. The molecule has 0 aliphatic carbocycles. The van der Waals surface area contributed by atoms with Gasteiger partial charge in [-0.25, -0.2) is 8.42 Å². The molecular formula is C14H16N2O3S2. The normalized spacial score (nSPS) is 20.3. The van der Waals surface area contributed by atoms with E-state index in [0.29, 0.717) is 17.3 Å². The molecule has 2 aromatic rings. The average Bonchev–Trinajstić information content (AvgIpc) is 3.04. The first-order valence-corrected chi connectivity index (χ1v) is 9.08. The van der Waals surface area contributed by atoms with Gasteiger partial charge in [-0.3, -0.25) is 4.98 Å². The lowest BCUT2D eigenvalue weighted by Crippen LogP contribution is -2.44. The van der Waals surface area contributed by atoms with Crippen LogP contribution in [0.2, 0.25) is 0 Å². The number of piperidine rings is 1. The minimum absolute atomic E-state index is 0.115. The van der Waals surface area contributed by atoms with Crippen molar-refractivity contribution in [1.82, 2.24) is 9.29 Å². The van der Waals surface area contributed by atoms with Gasteiger partial charge in [0.1, 0.15) is 16.1 Å². The number of hydrogen-bond acceptors (Lipinski definition) is 5. The first-order chi connectivity index (χ1) is 10.2. The molecular weight excluding hydrogens is 308 g/mol. The summed E-state index contributed by atoms with van der Waals surface area (Å²) in [6, 6.07) is 6.97. The zero-order valence-corrected chi connectivity index (χ0v) is 13.0. The van der Waals surface area contributed by atoms with Crippen molar-refractivity contribution in [3.05, 3.63) is 42.0 Å². The predicted octanol–water partition coefficient (Wildman–Crippen LogP) is 2.38. The van der Waals surface area contributed by atoms with E-state index in [0.717, 1.165) is 18.6 Å². The smallest absolute Gasteiger partial charge is 0.252 e. The van der Waals surface area contributed by atoms with Crippen molar-refractivity contribution in [2.24, 2.45) is 0 Å². The Balaban J connectivity index is 1.71. The fourth-order valence-electron chi connectivity index (χ4n) is 2.37. The molecule has 0 unspecified atom stereocenters. The van der Waals surface area contributed by atoms with Crippen LogP contribution in [-0.2, 0) is 10.0 Å². The largest absolute Gasteiger partial charge is 0.489 e. The third-order valence-corrected chi connectivity index (χ3v) is 6.62. The summed E-state index contributed by atoms with van der Waals surface area (Å²) >= 11 is 1.25. The van der Waals surface area contributed by atoms with Crippen LogP contribution in [0, 0.1) is 0 Å². The monoisotopic (exact) mass is 324 g/mol. The van der Waals surface area contributed by atoms with Gasteiger partial charge in [0.15, 0.2) is 0 Å². The summed E-state index contributed by atoms with van der Waals surface area (Å²) in [5.41, 5.74) is 0. The standard InChI is InChI=1S/C14H16N2O3S2/c17-21(18,14-4-2-10-20-14)16-9-1-3-13(11-16)19-12-5-7-15-8-6-12/h2,4-8,10,13H,1,3,9,11H2/t13-/m1/s1. The number of ether oxygens (including phenoxy) is 1. The molecule has 112 valence electrons. The molecule has 7 heteroatoms. The van der Waals surface area contributed by atoms with Crippen molar-refractivity contribution in [2.75, 3.05) is 13.1 Å². The van der Waals surface area contributed by atoms with E-state index >= 15 is 0 Å². The highest BCUT2D eigenvalue weighted by Gasteiger charge is 2.31. The van der Waals surface area contributed by atoms with Gasteiger partial charge in [-0.05, 0) is 36.4 Å². The number of sulfonamides is 1. The molecule has 1 aliphatic heterocycles. The van der Waals surface area contributed by atoms with Crippen LogP contribution >= 0.6 is 11.3 Å². The predicted molar refractivity (Wildman–Crippen MR) is 81.0 cm³/mol. The summed E-state index contributed by atoms with van der Waals surface area (Å²) in [5.74, 6) is 0.727. The van der Waals surface area contributed by atoms with Crippen LogP contribution in [0.5, 0.6) is 5.75 Å². The van der Waals surface area contributed by atoms with Crippen LogP contribution in [0.4, 0.5) is 0 Å². The van der Waals surface area contributed by atoms with E-state index in [1.165, 1.54) is 15.6 Å². The molecule has 0 saturated carbocycles. The van der Waals surface area contributed by atoms with Crippen LogP contribution in [0.15, 0.2) is 46.2 Å². The zero-order valence-electron chi connectivity index (χ0n) is 11.4. The van der Waals surface area contributed by atoms with E-state index < -0.39 is 10.0 Å². The van der Waals surface area contributed by atoms with Crippen LogP contribution in [0.25, 0.3) is 0 Å². The second-order valence-corrected chi connectivity index (χ2v) is 7.97. The quantitative estimate of drug-likeness (QED) is 0.866. The van der Waals surface area contributed by atoms with E-state index in [4.69, 9.17) is 4.74 Å². The summed E-state index contributed by atoms with van der Waals surface area (Å²) in [6.07, 6.45) is 4.88. The van der Waals surface area contributed by atoms with Gasteiger partial charge >= 0.3 is 0 Å². The Morgan fingerprint density at radius 1 is 1.29 bits per heavy atom. The van der Waals surface area contributed by atoms with Crippen LogP contribution in [-0.4, -0.2) is 36.9 Å². The van der Waals surface area contributed by atoms with Crippen molar-refractivity contribution in [3.8, 4) is 5.75 Å². The number of aromatic nitrogens is 1. The van der Waals surface area contributed by atoms with Gasteiger partial charge in [-0.2, -0.15) is 4.31 Å². The van der Waals surface area contributed by atoms with Crippen LogP contribution in [0.3, 0.4) is 0 Å². The van der Waals surface area contributed by atoms with Gasteiger partial charge in [0.05, 0.1) is 6.54 Å². The maximum Gasteiger partial charge on any atom is 0.252 e. The van der Waals surface area contributed by atoms with Gasteiger partial charge in [0, 0.05) is 18.9 Å². The number of nitrogens with zero attached hydrogens (tertiary/aromatic N) is 2. The molecule has 1 saturated heterocycles. The molecule has 1 fully saturated rings. The number of rotatable bonds is 4. The fourth-order valence-corrected chi connectivity index (χ4v) is 5.02. The van der Waals surface area contributed by atoms with Gasteiger partial charge in [0.2, 0.25) is 0 Å². The molecule has 2 aromatic heterocycles. The van der Waals surface area contributed by atoms with E-state index in [2.05, 4.69) is 4.98 Å². The summed E-state index contributed by atoms with van der Waals surface area (Å²) < 4.78 is 32.8. The lowest BCUT2D eigenvalue weighted by Gasteiger charge is -2.31. The molecule has 3 heterocycles. The highest BCUT2D eigenvalue weighted by atomic mass is 32.2. The fraction of sp³-hybridized carbons (Fsp3) is 0.357. The van der Waals surface area contributed by atoms with Gasteiger partial charge in [-0.1, -0.05) is 6.07 Å². The van der Waals surface area contributed by atoms with E-state index in [-0.39, 0.29) is 6.10 Å². The molecule has 0 spiro atoms. The molecule has 5 nitrogen and oxygen atoms in total. The molecule has 0 N–H and O–H groups in total. The lowest BCUT2D eigenvalue weighted by molar-refractivity contribution is 0.130. The van der Waals surface area contributed by atoms with Crippen molar-refractivity contribution < 1.29 is 13.2 Å². The Morgan fingerprint density at radius 3 is 2.81 bits per heavy atom. The average molecular weight is 324 g/mol. The van der Waals surface area contributed by atoms with Crippen LogP contribution < -0.4 is 4.74 Å². The Morgan fingerprint density at radius 2 is 2.10 bits per heavy atom. The minimum Gasteiger partial charge on any atom is -0.489 e. The molecule has 0 amide bonds. The Bertz CT molecular complexity index is 672. The van der Waals surface area contributed by atoms with E-state index in [9.17, 15) is 8.42 Å². The minimum atomic E-state index is -3.38. The molecule has 0 aromatic carbocycles. The molecule has 21 heavy (non-hydrogen) atoms. The SMILES string of the molecule is O=S(=O)(c1cccs1)N1CCC[C@@H](Oc2ccncc2)C1. The third-order valence-electron chi connectivity index (χ3n) is 3.38. The van der Waals surface area contributed by atoms with Crippen molar-refractivity contribution in [2.45, 2.75) is 23.2 Å². The third kappa shape index (κ3) is 3.25. The Kier molecular flexibility index (Phi) is 4.23. The van der Waals surface area contributed by atoms with Crippen molar-refractivity contribution in [1.29, 1.82) is 0 Å². The highest BCUT2D eigenvalue weighted by Crippen LogP contribution is 2.25. The first-order valence-electron chi connectivity index (χ1n) is 6.76. The zero-order chi connectivity index (χ0) is 14.7. The molecule has 3 rings (SSSR count). The highest BCUT2D eigenvalue weighted by molar-refractivity contribution is 7.91. The second-order valence-electron chi connectivity index (χ2n) is 4.86. The maximum atomic E-state index is 12.5. The Hall–Kier alpha value is -1.44. The summed E-state index contributed by atoms with van der Waals surface area (Å²) in [7, 11) is -3.38. The second kappa shape index (κ2) is 6.13. The summed E-state index contributed by atoms with van der Waals surface area (Å²) in [6.45, 7) is 0.943. The molecule has 1 atom stereocenters. The van der Waals surface area contributed by atoms with Crippen molar-refractivity contribution in [3.63, 3.8) is 0 Å². The number of thiophene rings is 1. The molecule has 0 bridgehead atoms. The first kappa shape index (κ1) is 14.5. The topological polar surface area (TPSA) is 59.5 Å². The molecule has 1 aliphatic rings. The Labute approximate surface area is 128 Å². The van der Waals surface area contributed by atoms with Gasteiger partial charge < -0.3 is 4.74 Å². The van der Waals surface area contributed by atoms with E-state index in [1.54, 1.807) is 42.0 Å². The van der Waals surface area contributed by atoms with Gasteiger partial charge in [0.25, 0.3) is 10.0 Å². The van der Waals surface area contributed by atoms with E-state index in [1.807, 2.05) is 0 Å². The molecule has 0 radical (unpaired) electrons. The van der Waals surface area contributed by atoms with Crippen LogP contribution in [0.1, 0.15) is 12.8 Å². The van der Waals surface area contributed by atoms with Crippen molar-refractivity contribution >= 4 is 21.4 Å². The number of hydrogen-bond donors (Lipinski definition) is 0. The lowest BCUT2D eigenvalue weighted by atomic mass is 10.1.